The van der Waals surface area contributed by atoms with Crippen LogP contribution in [0.2, 0.25) is 0 Å². The quantitative estimate of drug-likeness (QED) is 0.674. The van der Waals surface area contributed by atoms with Crippen molar-refractivity contribution >= 4 is 17.5 Å². The maximum atomic E-state index is 13.1. The highest BCUT2D eigenvalue weighted by molar-refractivity contribution is 5.95. The highest BCUT2D eigenvalue weighted by atomic mass is 19.4. The van der Waals surface area contributed by atoms with Crippen molar-refractivity contribution in [3.8, 4) is 5.75 Å². The maximum Gasteiger partial charge on any atom is 0.418 e. The van der Waals surface area contributed by atoms with Crippen molar-refractivity contribution in [1.29, 1.82) is 0 Å². The summed E-state index contributed by atoms with van der Waals surface area (Å²) in [5.74, 6) is -0.588. The molecule has 0 aliphatic carbocycles. The number of amides is 2. The van der Waals surface area contributed by atoms with E-state index in [2.05, 4.69) is 5.32 Å². The number of hydrogen-bond donors (Lipinski definition) is 1. The van der Waals surface area contributed by atoms with Crippen LogP contribution in [0.25, 0.3) is 0 Å². The second-order valence-corrected chi connectivity index (χ2v) is 8.03. The summed E-state index contributed by atoms with van der Waals surface area (Å²) in [7, 11) is 0. The molecule has 1 N–H and O–H groups in total. The van der Waals surface area contributed by atoms with Crippen molar-refractivity contribution in [3.05, 3.63) is 59.7 Å². The lowest BCUT2D eigenvalue weighted by molar-refractivity contribution is -0.137. The lowest BCUT2D eigenvalue weighted by atomic mass is 9.86. The molecule has 8 heteroatoms. The summed E-state index contributed by atoms with van der Waals surface area (Å²) < 4.78 is 45.0. The zero-order valence-electron chi connectivity index (χ0n) is 18.0. The smallest absolute Gasteiger partial charge is 0.418 e. The minimum Gasteiger partial charge on any atom is -0.483 e. The van der Waals surface area contributed by atoms with Crippen LogP contribution in [0.5, 0.6) is 5.75 Å². The summed E-state index contributed by atoms with van der Waals surface area (Å²) >= 11 is 0. The first kappa shape index (κ1) is 24.2. The van der Waals surface area contributed by atoms with E-state index in [1.165, 1.54) is 23.1 Å². The third-order valence-corrected chi connectivity index (χ3v) is 4.62. The van der Waals surface area contributed by atoms with Gasteiger partial charge in [-0.15, -0.1) is 0 Å². The molecule has 0 bridgehead atoms. The lowest BCUT2D eigenvalue weighted by Gasteiger charge is -2.24. The number of ether oxygens (including phenoxy) is 1. The van der Waals surface area contributed by atoms with Gasteiger partial charge in [0.2, 0.25) is 5.91 Å². The summed E-state index contributed by atoms with van der Waals surface area (Å²) in [6.45, 7) is 7.30. The van der Waals surface area contributed by atoms with E-state index in [0.717, 1.165) is 11.6 Å². The first-order valence-corrected chi connectivity index (χ1v) is 9.89. The molecule has 0 atom stereocenters. The number of para-hydroxylation sites is 2. The van der Waals surface area contributed by atoms with Crippen LogP contribution in [0.15, 0.2) is 48.5 Å². The van der Waals surface area contributed by atoms with Crippen LogP contribution in [0.1, 0.15) is 38.8 Å². The van der Waals surface area contributed by atoms with Gasteiger partial charge in [-0.3, -0.25) is 9.59 Å². The molecule has 2 amide bonds. The number of hydrogen-bond acceptors (Lipinski definition) is 3. The van der Waals surface area contributed by atoms with Gasteiger partial charge in [0.05, 0.1) is 17.8 Å². The van der Waals surface area contributed by atoms with E-state index in [4.69, 9.17) is 4.74 Å². The van der Waals surface area contributed by atoms with E-state index in [1.807, 2.05) is 32.9 Å². The molecule has 2 aromatic rings. The fourth-order valence-corrected chi connectivity index (χ4v) is 3.02. The Kier molecular flexibility index (Phi) is 7.70. The van der Waals surface area contributed by atoms with Crippen LogP contribution in [-0.4, -0.2) is 36.4 Å². The zero-order chi connectivity index (χ0) is 23.2. The molecule has 5 nitrogen and oxygen atoms in total. The summed E-state index contributed by atoms with van der Waals surface area (Å²) in [6, 6.07) is 12.1. The Labute approximate surface area is 180 Å². The number of likely N-dealkylation sites (N-methyl/N-ethyl adjacent to an activating group) is 1. The maximum absolute atomic E-state index is 13.1. The molecule has 0 saturated carbocycles. The first-order valence-electron chi connectivity index (χ1n) is 9.89. The number of carbonyl (C=O) groups excluding carboxylic acids is 2. The molecular weight excluding hydrogens is 409 g/mol. The fourth-order valence-electron chi connectivity index (χ4n) is 3.02. The standard InChI is InChI=1S/C23H27F3N2O3/c1-5-28(14-20(29)27-18-12-8-6-10-16(18)23(24,25)26)21(30)15-31-19-13-9-7-11-17(19)22(2,3)4/h6-13H,5,14-15H2,1-4H3,(H,27,29). The molecule has 2 aromatic carbocycles. The molecular formula is C23H27F3N2O3. The van der Waals surface area contributed by atoms with Gasteiger partial charge in [-0.25, -0.2) is 0 Å². The number of nitrogens with one attached hydrogen (secondary N) is 1. The molecule has 0 heterocycles. The largest absolute Gasteiger partial charge is 0.483 e. The van der Waals surface area contributed by atoms with Gasteiger partial charge >= 0.3 is 6.18 Å². The minimum atomic E-state index is -4.60. The normalized spacial score (nSPS) is 11.7. The Morgan fingerprint density at radius 3 is 2.13 bits per heavy atom. The van der Waals surface area contributed by atoms with Crippen molar-refractivity contribution in [3.63, 3.8) is 0 Å². The Balaban J connectivity index is 2.03. The lowest BCUT2D eigenvalue weighted by Crippen LogP contribution is -2.40. The van der Waals surface area contributed by atoms with Gasteiger partial charge in [0.1, 0.15) is 5.75 Å². The van der Waals surface area contributed by atoms with Crippen molar-refractivity contribution in [2.75, 3.05) is 25.0 Å². The fraction of sp³-hybridized carbons (Fsp3) is 0.391. The molecule has 0 aliphatic heterocycles. The number of nitrogens with zero attached hydrogens (tertiary/aromatic N) is 1. The van der Waals surface area contributed by atoms with E-state index >= 15 is 0 Å². The highest BCUT2D eigenvalue weighted by Gasteiger charge is 2.33. The Hall–Kier alpha value is -3.03. The molecule has 0 saturated heterocycles. The average Bonchev–Trinajstić information content (AvgIpc) is 2.69. The van der Waals surface area contributed by atoms with Gasteiger partial charge in [0.25, 0.3) is 5.91 Å². The molecule has 0 unspecified atom stereocenters. The zero-order valence-corrected chi connectivity index (χ0v) is 18.0. The topological polar surface area (TPSA) is 58.6 Å². The SMILES string of the molecule is CCN(CC(=O)Nc1ccccc1C(F)(F)F)C(=O)COc1ccccc1C(C)(C)C. The third-order valence-electron chi connectivity index (χ3n) is 4.62. The second-order valence-electron chi connectivity index (χ2n) is 8.03. The first-order chi connectivity index (χ1) is 14.4. The van der Waals surface area contributed by atoms with E-state index in [1.54, 1.807) is 19.1 Å². The van der Waals surface area contributed by atoms with E-state index in [0.29, 0.717) is 5.75 Å². The van der Waals surface area contributed by atoms with Crippen LogP contribution in [0.4, 0.5) is 18.9 Å². The minimum absolute atomic E-state index is 0.185. The molecule has 0 radical (unpaired) electrons. The molecule has 31 heavy (non-hydrogen) atoms. The van der Waals surface area contributed by atoms with E-state index in [-0.39, 0.29) is 30.8 Å². The van der Waals surface area contributed by atoms with Crippen molar-refractivity contribution in [1.82, 2.24) is 4.90 Å². The monoisotopic (exact) mass is 436 g/mol. The van der Waals surface area contributed by atoms with E-state index < -0.39 is 23.6 Å². The van der Waals surface area contributed by atoms with E-state index in [9.17, 15) is 22.8 Å². The summed E-state index contributed by atoms with van der Waals surface area (Å²) in [5.41, 5.74) is -0.540. The number of anilines is 1. The summed E-state index contributed by atoms with van der Waals surface area (Å²) in [6.07, 6.45) is -4.60. The number of benzene rings is 2. The van der Waals surface area contributed by atoms with Crippen molar-refractivity contribution in [2.45, 2.75) is 39.3 Å². The van der Waals surface area contributed by atoms with Gasteiger partial charge in [0.15, 0.2) is 6.61 Å². The second kappa shape index (κ2) is 9.85. The van der Waals surface area contributed by atoms with Crippen LogP contribution in [0.3, 0.4) is 0 Å². The molecule has 0 aliphatic rings. The van der Waals surface area contributed by atoms with Gasteiger partial charge < -0.3 is 15.0 Å². The van der Waals surface area contributed by atoms with Gasteiger partial charge in [-0.1, -0.05) is 51.1 Å². The number of halogens is 3. The highest BCUT2D eigenvalue weighted by Crippen LogP contribution is 2.34. The number of rotatable bonds is 7. The third kappa shape index (κ3) is 6.73. The van der Waals surface area contributed by atoms with Crippen LogP contribution in [-0.2, 0) is 21.2 Å². The molecule has 2 rings (SSSR count). The van der Waals surface area contributed by atoms with Gasteiger partial charge in [-0.2, -0.15) is 13.2 Å². The molecule has 0 fully saturated rings. The Morgan fingerprint density at radius 2 is 1.55 bits per heavy atom. The summed E-state index contributed by atoms with van der Waals surface area (Å²) in [4.78, 5) is 26.1. The predicted molar refractivity (Wildman–Crippen MR) is 113 cm³/mol. The number of carbonyl (C=O) groups is 2. The van der Waals surface area contributed by atoms with Gasteiger partial charge in [0, 0.05) is 6.54 Å². The predicted octanol–water partition coefficient (Wildman–Crippen LogP) is 4.87. The number of alkyl halides is 3. The Bertz CT molecular complexity index is 921. The van der Waals surface area contributed by atoms with Crippen LogP contribution in [0, 0.1) is 0 Å². The molecule has 168 valence electrons. The van der Waals surface area contributed by atoms with Gasteiger partial charge in [-0.05, 0) is 36.1 Å². The average molecular weight is 436 g/mol. The molecule has 0 aromatic heterocycles. The van der Waals surface area contributed by atoms with Crippen LogP contribution < -0.4 is 10.1 Å². The van der Waals surface area contributed by atoms with Crippen molar-refractivity contribution in [2.24, 2.45) is 0 Å². The van der Waals surface area contributed by atoms with Crippen molar-refractivity contribution < 1.29 is 27.5 Å². The molecule has 0 spiro atoms. The van der Waals surface area contributed by atoms with Crippen LogP contribution >= 0.6 is 0 Å². The summed E-state index contributed by atoms with van der Waals surface area (Å²) in [5, 5.41) is 2.25. The Morgan fingerprint density at radius 1 is 0.968 bits per heavy atom.